The summed E-state index contributed by atoms with van der Waals surface area (Å²) in [6, 6.07) is 8.39. The molecule has 1 aromatic rings. The third kappa shape index (κ3) is 4.11. The molecule has 8 nitrogen and oxygen atoms in total. The summed E-state index contributed by atoms with van der Waals surface area (Å²) in [7, 11) is 3.48. The minimum absolute atomic E-state index is 0.0787. The molecular weight excluding hydrogens is 348 g/mol. The third-order valence-corrected chi connectivity index (χ3v) is 5.01. The number of hydrogen-bond donors (Lipinski definition) is 1. The summed E-state index contributed by atoms with van der Waals surface area (Å²) < 4.78 is 10.9. The molecule has 2 aliphatic heterocycles. The van der Waals surface area contributed by atoms with Gasteiger partial charge in [-0.15, -0.1) is 0 Å². The number of nitriles is 1. The van der Waals surface area contributed by atoms with Crippen LogP contribution in [0.5, 0.6) is 0 Å². The van der Waals surface area contributed by atoms with Gasteiger partial charge >= 0.3 is 0 Å². The zero-order chi connectivity index (χ0) is 19.4. The number of carbonyl (C=O) groups is 2. The van der Waals surface area contributed by atoms with Crippen molar-refractivity contribution in [3.8, 4) is 6.07 Å². The molecule has 1 atom stereocenters. The van der Waals surface area contributed by atoms with Gasteiger partial charge in [-0.1, -0.05) is 6.07 Å². The lowest BCUT2D eigenvalue weighted by Gasteiger charge is -2.54. The number of carbonyl (C=O) groups excluding carboxylic acids is 2. The van der Waals surface area contributed by atoms with Crippen LogP contribution in [-0.2, 0) is 14.3 Å². The van der Waals surface area contributed by atoms with Gasteiger partial charge in [0.25, 0.3) is 5.91 Å². The Hall–Kier alpha value is -2.47. The second-order valence-electron chi connectivity index (χ2n) is 7.06. The Bertz CT molecular complexity index is 754. The zero-order valence-electron chi connectivity index (χ0n) is 15.6. The van der Waals surface area contributed by atoms with Gasteiger partial charge in [-0.2, -0.15) is 5.26 Å². The van der Waals surface area contributed by atoms with Crippen molar-refractivity contribution in [2.45, 2.75) is 11.6 Å². The normalized spacial score (nSPS) is 21.4. The van der Waals surface area contributed by atoms with E-state index in [4.69, 9.17) is 14.7 Å². The van der Waals surface area contributed by atoms with Crippen LogP contribution in [0.15, 0.2) is 24.3 Å². The predicted octanol–water partition coefficient (Wildman–Crippen LogP) is -0.154. The number of likely N-dealkylation sites (tertiary alicyclic amines) is 1. The molecule has 0 aliphatic carbocycles. The lowest BCUT2D eigenvalue weighted by atomic mass is 9.90. The summed E-state index contributed by atoms with van der Waals surface area (Å²) in [6.07, 6.45) is 0. The molecule has 1 spiro atoms. The SMILES string of the molecule is COCCNC(=O)C1COC2(CN(C(=O)c3cccc(C#N)c3)C2)CN1C. The van der Waals surface area contributed by atoms with E-state index >= 15 is 0 Å². The van der Waals surface area contributed by atoms with Gasteiger partial charge in [0.2, 0.25) is 5.91 Å². The van der Waals surface area contributed by atoms with E-state index in [9.17, 15) is 9.59 Å². The van der Waals surface area contributed by atoms with E-state index in [1.54, 1.807) is 36.3 Å². The first-order chi connectivity index (χ1) is 13.0. The first kappa shape index (κ1) is 19.3. The van der Waals surface area contributed by atoms with E-state index in [2.05, 4.69) is 5.32 Å². The van der Waals surface area contributed by atoms with Crippen LogP contribution in [0.25, 0.3) is 0 Å². The number of hydrogen-bond acceptors (Lipinski definition) is 6. The standard InChI is InChI=1S/C19H24N4O4/c1-22-11-19(27-10-16(22)17(24)21-6-7-26-2)12-23(13-19)18(25)15-5-3-4-14(8-15)9-20/h3-5,8,16H,6-7,10-13H2,1-2H3,(H,21,24). The fraction of sp³-hybridized carbons (Fsp3) is 0.526. The van der Waals surface area contributed by atoms with Crippen molar-refractivity contribution in [3.63, 3.8) is 0 Å². The topological polar surface area (TPSA) is 94.9 Å². The summed E-state index contributed by atoms with van der Waals surface area (Å²) in [5, 5.41) is 11.8. The minimum Gasteiger partial charge on any atom is -0.383 e. The molecule has 1 unspecified atom stereocenters. The fourth-order valence-corrected chi connectivity index (χ4v) is 3.55. The molecule has 2 amide bonds. The van der Waals surface area contributed by atoms with E-state index in [1.165, 1.54) is 0 Å². The van der Waals surface area contributed by atoms with Crippen molar-refractivity contribution in [2.24, 2.45) is 0 Å². The van der Waals surface area contributed by atoms with Crippen LogP contribution in [0.3, 0.4) is 0 Å². The van der Waals surface area contributed by atoms with Crippen LogP contribution < -0.4 is 5.32 Å². The summed E-state index contributed by atoms with van der Waals surface area (Å²) >= 11 is 0. The van der Waals surface area contributed by atoms with Gasteiger partial charge < -0.3 is 19.7 Å². The van der Waals surface area contributed by atoms with E-state index in [-0.39, 0.29) is 17.9 Å². The zero-order valence-corrected chi connectivity index (χ0v) is 15.6. The molecule has 0 bridgehead atoms. The number of morpholine rings is 1. The maximum absolute atomic E-state index is 12.6. The largest absolute Gasteiger partial charge is 0.383 e. The molecule has 3 rings (SSSR count). The molecule has 1 N–H and O–H groups in total. The number of nitrogens with one attached hydrogen (secondary N) is 1. The van der Waals surface area contributed by atoms with Gasteiger partial charge in [0.1, 0.15) is 11.6 Å². The van der Waals surface area contributed by atoms with E-state index in [0.717, 1.165) is 0 Å². The van der Waals surface area contributed by atoms with Crippen molar-refractivity contribution in [3.05, 3.63) is 35.4 Å². The van der Waals surface area contributed by atoms with Gasteiger partial charge in [-0.3, -0.25) is 14.5 Å². The first-order valence-corrected chi connectivity index (χ1v) is 8.88. The average Bonchev–Trinajstić information content (AvgIpc) is 2.65. The lowest BCUT2D eigenvalue weighted by Crippen LogP contribution is -2.73. The maximum Gasteiger partial charge on any atom is 0.254 e. The summed E-state index contributed by atoms with van der Waals surface area (Å²) in [5.41, 5.74) is 0.538. The smallest absolute Gasteiger partial charge is 0.254 e. The Morgan fingerprint density at radius 3 is 2.85 bits per heavy atom. The molecule has 8 heteroatoms. The third-order valence-electron chi connectivity index (χ3n) is 5.01. The molecule has 0 radical (unpaired) electrons. The Morgan fingerprint density at radius 1 is 1.41 bits per heavy atom. The molecule has 27 heavy (non-hydrogen) atoms. The van der Waals surface area contributed by atoms with Crippen LogP contribution in [0.1, 0.15) is 15.9 Å². The highest BCUT2D eigenvalue weighted by atomic mass is 16.5. The van der Waals surface area contributed by atoms with Gasteiger partial charge in [-0.25, -0.2) is 0 Å². The highest BCUT2D eigenvalue weighted by Crippen LogP contribution is 2.31. The van der Waals surface area contributed by atoms with Crippen LogP contribution in [0.2, 0.25) is 0 Å². The fourth-order valence-electron chi connectivity index (χ4n) is 3.55. The molecule has 2 fully saturated rings. The van der Waals surface area contributed by atoms with Crippen molar-refractivity contribution < 1.29 is 19.1 Å². The van der Waals surface area contributed by atoms with Crippen molar-refractivity contribution >= 4 is 11.8 Å². The maximum atomic E-state index is 12.6. The van der Waals surface area contributed by atoms with Crippen molar-refractivity contribution in [1.82, 2.24) is 15.1 Å². The summed E-state index contributed by atoms with van der Waals surface area (Å²) in [4.78, 5) is 28.5. The molecule has 2 saturated heterocycles. The lowest BCUT2D eigenvalue weighted by molar-refractivity contribution is -0.187. The van der Waals surface area contributed by atoms with Crippen molar-refractivity contribution in [2.75, 3.05) is 53.6 Å². The molecule has 144 valence electrons. The van der Waals surface area contributed by atoms with Crippen LogP contribution >= 0.6 is 0 Å². The Balaban J connectivity index is 1.54. The molecular formula is C19H24N4O4. The molecule has 0 aromatic heterocycles. The molecule has 1 aromatic carbocycles. The number of rotatable bonds is 5. The average molecular weight is 372 g/mol. The Labute approximate surface area is 158 Å². The number of nitrogens with zero attached hydrogens (tertiary/aromatic N) is 3. The number of ether oxygens (including phenoxy) is 2. The quantitative estimate of drug-likeness (QED) is 0.722. The highest BCUT2D eigenvalue weighted by Gasteiger charge is 2.51. The molecule has 2 aliphatic rings. The van der Waals surface area contributed by atoms with Crippen LogP contribution in [0.4, 0.5) is 0 Å². The number of amides is 2. The molecule has 2 heterocycles. The second-order valence-corrected chi connectivity index (χ2v) is 7.06. The number of methoxy groups -OCH3 is 1. The monoisotopic (exact) mass is 372 g/mol. The highest BCUT2D eigenvalue weighted by molar-refractivity contribution is 5.95. The predicted molar refractivity (Wildman–Crippen MR) is 97.0 cm³/mol. The Morgan fingerprint density at radius 2 is 2.19 bits per heavy atom. The Kier molecular flexibility index (Phi) is 5.75. The first-order valence-electron chi connectivity index (χ1n) is 8.88. The summed E-state index contributed by atoms with van der Waals surface area (Å²) in [6.45, 7) is 2.76. The van der Waals surface area contributed by atoms with Gasteiger partial charge in [0, 0.05) is 25.8 Å². The van der Waals surface area contributed by atoms with Gasteiger partial charge in [-0.05, 0) is 25.2 Å². The van der Waals surface area contributed by atoms with E-state index < -0.39 is 5.60 Å². The second kappa shape index (κ2) is 8.05. The van der Waals surface area contributed by atoms with Crippen LogP contribution in [0, 0.1) is 11.3 Å². The molecule has 0 saturated carbocycles. The van der Waals surface area contributed by atoms with Gasteiger partial charge in [0.05, 0.1) is 37.9 Å². The van der Waals surface area contributed by atoms with Gasteiger partial charge in [0.15, 0.2) is 0 Å². The van der Waals surface area contributed by atoms with E-state index in [1.807, 2.05) is 18.0 Å². The summed E-state index contributed by atoms with van der Waals surface area (Å²) in [5.74, 6) is -0.187. The number of likely N-dealkylation sites (N-methyl/N-ethyl adjacent to an activating group) is 1. The minimum atomic E-state index is -0.430. The number of benzene rings is 1. The van der Waals surface area contributed by atoms with Crippen LogP contribution in [-0.4, -0.2) is 86.8 Å². The van der Waals surface area contributed by atoms with Crippen molar-refractivity contribution in [1.29, 1.82) is 5.26 Å². The van der Waals surface area contributed by atoms with E-state index in [0.29, 0.717) is 50.5 Å².